The van der Waals surface area contributed by atoms with Crippen LogP contribution in [0.1, 0.15) is 19.3 Å². The van der Waals surface area contributed by atoms with Gasteiger partial charge < -0.3 is 5.32 Å². The van der Waals surface area contributed by atoms with Crippen LogP contribution >= 0.6 is 0 Å². The first kappa shape index (κ1) is 13.5. The summed E-state index contributed by atoms with van der Waals surface area (Å²) in [6.45, 7) is 0. The van der Waals surface area contributed by atoms with Gasteiger partial charge in [0.2, 0.25) is 10.0 Å². The van der Waals surface area contributed by atoms with Gasteiger partial charge in [0.05, 0.1) is 9.82 Å². The molecule has 2 aliphatic heterocycles. The lowest BCUT2D eigenvalue weighted by atomic mass is 9.96. The number of fused-ring (bicyclic) bond motifs is 2. The molecular formula is C12H15N3O4S. The topological polar surface area (TPSA) is 101 Å². The summed E-state index contributed by atoms with van der Waals surface area (Å²) in [5.41, 5.74) is -0.120. The molecule has 2 aliphatic rings. The van der Waals surface area contributed by atoms with Crippen molar-refractivity contribution in [2.24, 2.45) is 0 Å². The highest BCUT2D eigenvalue weighted by Crippen LogP contribution is 2.29. The molecule has 2 saturated heterocycles. The lowest BCUT2D eigenvalue weighted by Gasteiger charge is -2.21. The zero-order valence-electron chi connectivity index (χ0n) is 10.7. The van der Waals surface area contributed by atoms with Gasteiger partial charge in [0.15, 0.2) is 0 Å². The summed E-state index contributed by atoms with van der Waals surface area (Å²) in [7, 11) is -3.62. The van der Waals surface area contributed by atoms with E-state index in [-0.39, 0.29) is 22.7 Å². The molecule has 0 aliphatic carbocycles. The summed E-state index contributed by atoms with van der Waals surface area (Å²) >= 11 is 0. The Hall–Kier alpha value is -1.51. The molecule has 2 heterocycles. The Morgan fingerprint density at radius 2 is 1.95 bits per heavy atom. The Labute approximate surface area is 116 Å². The third kappa shape index (κ3) is 2.41. The molecule has 3 atom stereocenters. The van der Waals surface area contributed by atoms with Gasteiger partial charge in [-0.05, 0) is 31.4 Å². The molecule has 0 radical (unpaired) electrons. The van der Waals surface area contributed by atoms with Crippen molar-refractivity contribution in [3.05, 3.63) is 34.4 Å². The van der Waals surface area contributed by atoms with Crippen LogP contribution in [0.25, 0.3) is 0 Å². The molecule has 1 aromatic carbocycles. The van der Waals surface area contributed by atoms with E-state index < -0.39 is 14.9 Å². The Balaban J connectivity index is 1.76. The van der Waals surface area contributed by atoms with Gasteiger partial charge in [0.1, 0.15) is 0 Å². The molecule has 1 aromatic rings. The molecule has 0 aromatic heterocycles. The van der Waals surface area contributed by atoms with Crippen molar-refractivity contribution >= 4 is 15.7 Å². The predicted octanol–water partition coefficient (Wildman–Crippen LogP) is 0.766. The van der Waals surface area contributed by atoms with Crippen molar-refractivity contribution in [1.29, 1.82) is 0 Å². The summed E-state index contributed by atoms with van der Waals surface area (Å²) in [5.74, 6) is 0. The number of nitrogens with zero attached hydrogens (tertiary/aromatic N) is 1. The molecule has 7 nitrogen and oxygen atoms in total. The number of nitro groups is 1. The summed E-state index contributed by atoms with van der Waals surface area (Å²) in [6.07, 6.45) is 2.88. The second-order valence-electron chi connectivity index (χ2n) is 5.26. The van der Waals surface area contributed by atoms with Crippen LogP contribution in [0, 0.1) is 10.1 Å². The highest BCUT2D eigenvalue weighted by Gasteiger charge is 2.40. The van der Waals surface area contributed by atoms with E-state index in [4.69, 9.17) is 0 Å². The summed E-state index contributed by atoms with van der Waals surface area (Å²) in [6, 6.07) is 5.45. The fourth-order valence-electron chi connectivity index (χ4n) is 2.97. The van der Waals surface area contributed by atoms with Crippen LogP contribution in [0.5, 0.6) is 0 Å². The minimum absolute atomic E-state index is 0.0610. The van der Waals surface area contributed by atoms with Crippen LogP contribution in [0.2, 0.25) is 0 Å². The normalized spacial score (nSPS) is 28.7. The molecular weight excluding hydrogens is 282 g/mol. The average Bonchev–Trinajstić information content (AvgIpc) is 3.00. The van der Waals surface area contributed by atoms with Crippen LogP contribution in [0.3, 0.4) is 0 Å². The molecule has 0 unspecified atom stereocenters. The van der Waals surface area contributed by atoms with Crippen LogP contribution in [-0.2, 0) is 10.0 Å². The smallest absolute Gasteiger partial charge is 0.269 e. The number of nitro benzene ring substituents is 1. The third-order valence-corrected chi connectivity index (χ3v) is 5.47. The van der Waals surface area contributed by atoms with E-state index in [9.17, 15) is 18.5 Å². The summed E-state index contributed by atoms with van der Waals surface area (Å²) < 4.78 is 27.2. The van der Waals surface area contributed by atoms with Gasteiger partial charge in [0, 0.05) is 30.3 Å². The maximum Gasteiger partial charge on any atom is 0.269 e. The minimum atomic E-state index is -3.62. The first-order valence-electron chi connectivity index (χ1n) is 6.48. The average molecular weight is 297 g/mol. The minimum Gasteiger partial charge on any atom is -0.310 e. The molecule has 8 heteroatoms. The first-order chi connectivity index (χ1) is 9.45. The van der Waals surface area contributed by atoms with Crippen molar-refractivity contribution in [2.45, 2.75) is 42.3 Å². The van der Waals surface area contributed by atoms with Crippen molar-refractivity contribution in [2.75, 3.05) is 0 Å². The Kier molecular flexibility index (Phi) is 3.23. The number of non-ortho nitro benzene ring substituents is 1. The van der Waals surface area contributed by atoms with E-state index >= 15 is 0 Å². The molecule has 2 N–H and O–H groups in total. The number of nitrogens with one attached hydrogen (secondary N) is 2. The van der Waals surface area contributed by atoms with Crippen LogP contribution in [0.15, 0.2) is 29.2 Å². The molecule has 20 heavy (non-hydrogen) atoms. The quantitative estimate of drug-likeness (QED) is 0.631. The summed E-state index contributed by atoms with van der Waals surface area (Å²) in [4.78, 5) is 10.1. The van der Waals surface area contributed by atoms with Crippen LogP contribution < -0.4 is 10.0 Å². The Morgan fingerprint density at radius 3 is 2.45 bits per heavy atom. The zero-order valence-corrected chi connectivity index (χ0v) is 11.5. The molecule has 0 saturated carbocycles. The van der Waals surface area contributed by atoms with Gasteiger partial charge >= 0.3 is 0 Å². The number of sulfonamides is 1. The van der Waals surface area contributed by atoms with Crippen LogP contribution in [-0.4, -0.2) is 31.5 Å². The van der Waals surface area contributed by atoms with E-state index in [0.29, 0.717) is 6.04 Å². The summed E-state index contributed by atoms with van der Waals surface area (Å²) in [5, 5.41) is 13.9. The molecule has 2 fully saturated rings. The van der Waals surface area contributed by atoms with Gasteiger partial charge in [-0.1, -0.05) is 0 Å². The Morgan fingerprint density at radius 1 is 1.25 bits per heavy atom. The molecule has 108 valence electrons. The predicted molar refractivity (Wildman–Crippen MR) is 71.8 cm³/mol. The molecule has 3 rings (SSSR count). The fraction of sp³-hybridized carbons (Fsp3) is 0.500. The van der Waals surface area contributed by atoms with Crippen molar-refractivity contribution in [3.8, 4) is 0 Å². The third-order valence-electron chi connectivity index (χ3n) is 3.96. The lowest BCUT2D eigenvalue weighted by molar-refractivity contribution is -0.384. The highest BCUT2D eigenvalue weighted by molar-refractivity contribution is 7.89. The monoisotopic (exact) mass is 297 g/mol. The van der Waals surface area contributed by atoms with E-state index in [1.807, 2.05) is 0 Å². The van der Waals surface area contributed by atoms with Crippen molar-refractivity contribution in [1.82, 2.24) is 10.0 Å². The second-order valence-corrected chi connectivity index (χ2v) is 6.98. The van der Waals surface area contributed by atoms with Crippen molar-refractivity contribution < 1.29 is 13.3 Å². The van der Waals surface area contributed by atoms with Gasteiger partial charge in [-0.3, -0.25) is 10.1 Å². The number of benzene rings is 1. The van der Waals surface area contributed by atoms with Gasteiger partial charge in [-0.15, -0.1) is 0 Å². The van der Waals surface area contributed by atoms with E-state index in [2.05, 4.69) is 10.0 Å². The van der Waals surface area contributed by atoms with Gasteiger partial charge in [-0.2, -0.15) is 0 Å². The zero-order chi connectivity index (χ0) is 14.3. The van der Waals surface area contributed by atoms with E-state index in [0.717, 1.165) is 19.3 Å². The first-order valence-corrected chi connectivity index (χ1v) is 7.97. The largest absolute Gasteiger partial charge is 0.310 e. The lowest BCUT2D eigenvalue weighted by Crippen LogP contribution is -2.42. The number of rotatable bonds is 4. The standard InChI is InChI=1S/C12H15N3O4S/c16-15(17)9-2-4-10(5-3-9)20(18,19)14-12-7-8-1-6-11(12)13-8/h2-5,8,11-14H,1,6-7H2/t8-,11+,12+/m1/s1. The maximum atomic E-state index is 12.2. The van der Waals surface area contributed by atoms with E-state index in [1.165, 1.54) is 24.3 Å². The Bertz CT molecular complexity index is 629. The molecule has 2 bridgehead atoms. The van der Waals surface area contributed by atoms with E-state index in [1.54, 1.807) is 0 Å². The number of hydrogen-bond acceptors (Lipinski definition) is 5. The van der Waals surface area contributed by atoms with Gasteiger partial charge in [0.25, 0.3) is 5.69 Å². The SMILES string of the molecule is O=[N+]([O-])c1ccc(S(=O)(=O)N[C@H]2C[C@H]3CC[C@@H]2N3)cc1. The maximum absolute atomic E-state index is 12.2. The van der Waals surface area contributed by atoms with Gasteiger partial charge in [-0.25, -0.2) is 13.1 Å². The molecule has 0 amide bonds. The highest BCUT2D eigenvalue weighted by atomic mass is 32.2. The molecule has 0 spiro atoms. The second kappa shape index (κ2) is 4.80. The number of hydrogen-bond donors (Lipinski definition) is 2. The van der Waals surface area contributed by atoms with Crippen molar-refractivity contribution in [3.63, 3.8) is 0 Å². The van der Waals surface area contributed by atoms with Crippen LogP contribution in [0.4, 0.5) is 5.69 Å². The fourth-order valence-corrected chi connectivity index (χ4v) is 4.26.